The van der Waals surface area contributed by atoms with E-state index >= 15 is 0 Å². The highest BCUT2D eigenvalue weighted by atomic mass is 35.5. The van der Waals surface area contributed by atoms with Crippen molar-refractivity contribution in [2.24, 2.45) is 0 Å². The molecule has 0 spiro atoms. The minimum absolute atomic E-state index is 0.0380. The highest BCUT2D eigenvalue weighted by Gasteiger charge is 2.24. The number of nitrogens with one attached hydrogen (secondary N) is 1. The fourth-order valence-corrected chi connectivity index (χ4v) is 4.50. The lowest BCUT2D eigenvalue weighted by atomic mass is 10.2. The van der Waals surface area contributed by atoms with Crippen LogP contribution in [0.3, 0.4) is 0 Å². The van der Waals surface area contributed by atoms with Gasteiger partial charge in [-0.1, -0.05) is 25.4 Å². The Morgan fingerprint density at radius 3 is 2.54 bits per heavy atom. The molecule has 1 amide bonds. The van der Waals surface area contributed by atoms with Crippen molar-refractivity contribution in [1.29, 1.82) is 0 Å². The maximum absolute atomic E-state index is 12.6. The Hall–Kier alpha value is -1.48. The second-order valence-corrected chi connectivity index (χ2v) is 8.18. The number of nitrogens with zero attached hydrogens (tertiary/aromatic N) is 2. The molecule has 0 aliphatic heterocycles. The zero-order chi connectivity index (χ0) is 17.9. The number of carbonyl (C=O) groups excluding carboxylic acids is 1. The van der Waals surface area contributed by atoms with Crippen molar-refractivity contribution in [3.05, 3.63) is 39.9 Å². The van der Waals surface area contributed by atoms with Crippen molar-refractivity contribution in [3.8, 4) is 0 Å². The van der Waals surface area contributed by atoms with E-state index in [1.807, 2.05) is 6.92 Å². The molecule has 1 heterocycles. The molecule has 1 aromatic carbocycles. The van der Waals surface area contributed by atoms with Crippen molar-refractivity contribution >= 4 is 44.0 Å². The van der Waals surface area contributed by atoms with Crippen molar-refractivity contribution in [1.82, 2.24) is 9.29 Å². The van der Waals surface area contributed by atoms with Crippen LogP contribution in [0.15, 0.2) is 28.5 Å². The average Bonchev–Trinajstić information content (AvgIpc) is 2.93. The topological polar surface area (TPSA) is 79.4 Å². The average molecular weight is 388 g/mol. The fraction of sp³-hybridized carbons (Fsp3) is 0.333. The van der Waals surface area contributed by atoms with E-state index < -0.39 is 15.9 Å². The molecular weight excluding hydrogens is 370 g/mol. The van der Waals surface area contributed by atoms with Crippen molar-refractivity contribution < 1.29 is 13.2 Å². The fourth-order valence-electron chi connectivity index (χ4n) is 2.13. The third-order valence-corrected chi connectivity index (χ3v) is 6.62. The molecule has 130 valence electrons. The van der Waals surface area contributed by atoms with Gasteiger partial charge < -0.3 is 0 Å². The van der Waals surface area contributed by atoms with Crippen LogP contribution in [0, 0.1) is 6.92 Å². The van der Waals surface area contributed by atoms with Gasteiger partial charge in [0.25, 0.3) is 5.91 Å². The summed E-state index contributed by atoms with van der Waals surface area (Å²) >= 11 is 7.36. The van der Waals surface area contributed by atoms with E-state index in [1.165, 1.54) is 33.8 Å². The number of amides is 1. The Balaban J connectivity index is 2.36. The summed E-state index contributed by atoms with van der Waals surface area (Å²) in [7, 11) is -3.66. The van der Waals surface area contributed by atoms with E-state index in [1.54, 1.807) is 19.2 Å². The normalized spacial score (nSPS) is 11.7. The van der Waals surface area contributed by atoms with Gasteiger partial charge in [-0.25, -0.2) is 13.4 Å². The second-order valence-electron chi connectivity index (χ2n) is 4.98. The number of sulfonamides is 1. The Morgan fingerprint density at radius 2 is 2.00 bits per heavy atom. The Bertz CT molecular complexity index is 845. The van der Waals surface area contributed by atoms with Crippen LogP contribution in [0.5, 0.6) is 0 Å². The second kappa shape index (κ2) is 7.60. The number of aromatic nitrogens is 1. The van der Waals surface area contributed by atoms with Crippen LogP contribution >= 0.6 is 22.9 Å². The van der Waals surface area contributed by atoms with Gasteiger partial charge in [0.1, 0.15) is 0 Å². The Morgan fingerprint density at radius 1 is 1.33 bits per heavy atom. The van der Waals surface area contributed by atoms with Crippen molar-refractivity contribution in [3.63, 3.8) is 0 Å². The first-order valence-electron chi connectivity index (χ1n) is 7.32. The summed E-state index contributed by atoms with van der Waals surface area (Å²) in [5, 5.41) is 5.05. The molecule has 9 heteroatoms. The largest absolute Gasteiger partial charge is 0.298 e. The maximum Gasteiger partial charge on any atom is 0.259 e. The molecule has 0 unspecified atom stereocenters. The third-order valence-electron chi connectivity index (χ3n) is 3.37. The van der Waals surface area contributed by atoms with Crippen LogP contribution in [0.4, 0.5) is 5.13 Å². The summed E-state index contributed by atoms with van der Waals surface area (Å²) in [6.07, 6.45) is 0. The number of anilines is 1. The van der Waals surface area contributed by atoms with Crippen LogP contribution in [-0.4, -0.2) is 36.7 Å². The molecule has 2 rings (SSSR count). The summed E-state index contributed by atoms with van der Waals surface area (Å²) in [4.78, 5) is 16.6. The lowest BCUT2D eigenvalue weighted by Gasteiger charge is -2.19. The van der Waals surface area contributed by atoms with Crippen molar-refractivity contribution in [2.75, 3.05) is 18.4 Å². The maximum atomic E-state index is 12.6. The molecule has 1 aromatic heterocycles. The minimum atomic E-state index is -3.66. The summed E-state index contributed by atoms with van der Waals surface area (Å²) < 4.78 is 26.5. The molecule has 0 atom stereocenters. The first-order chi connectivity index (χ1) is 11.3. The standard InChI is InChI=1S/C15H18ClN3O3S2/c1-4-19(5-2)24(21,22)11-6-7-13(16)12(8-11)14(20)18-15-17-10(3)9-23-15/h6-9H,4-5H2,1-3H3,(H,17,18,20). The van der Waals surface area contributed by atoms with Crippen LogP contribution in [0.2, 0.25) is 5.02 Å². The number of halogens is 1. The Labute approximate surface area is 150 Å². The molecule has 6 nitrogen and oxygen atoms in total. The summed E-state index contributed by atoms with van der Waals surface area (Å²) in [5.74, 6) is -0.494. The molecule has 24 heavy (non-hydrogen) atoms. The molecule has 0 bridgehead atoms. The lowest BCUT2D eigenvalue weighted by molar-refractivity contribution is 0.102. The zero-order valence-electron chi connectivity index (χ0n) is 13.5. The van der Waals surface area contributed by atoms with E-state index in [0.717, 1.165) is 5.69 Å². The highest BCUT2D eigenvalue weighted by molar-refractivity contribution is 7.89. The van der Waals surface area contributed by atoms with Crippen LogP contribution in [0.1, 0.15) is 29.9 Å². The van der Waals surface area contributed by atoms with Gasteiger partial charge >= 0.3 is 0 Å². The van der Waals surface area contributed by atoms with Gasteiger partial charge in [0.2, 0.25) is 10.0 Å². The predicted molar refractivity (Wildman–Crippen MR) is 96.4 cm³/mol. The molecule has 0 radical (unpaired) electrons. The first kappa shape index (κ1) is 18.9. The summed E-state index contributed by atoms with van der Waals surface area (Å²) in [5.41, 5.74) is 0.886. The molecule has 0 saturated heterocycles. The molecule has 0 aliphatic carbocycles. The van der Waals surface area contributed by atoms with Gasteiger partial charge in [-0.2, -0.15) is 4.31 Å². The Kier molecular flexibility index (Phi) is 5.97. The molecule has 0 saturated carbocycles. The quantitative estimate of drug-likeness (QED) is 0.823. The van der Waals surface area contributed by atoms with E-state index in [4.69, 9.17) is 11.6 Å². The molecule has 2 aromatic rings. The number of hydrogen-bond acceptors (Lipinski definition) is 5. The number of thiazole rings is 1. The van der Waals surface area contributed by atoms with Gasteiger partial charge in [-0.05, 0) is 25.1 Å². The number of aryl methyl sites for hydroxylation is 1. The van der Waals surface area contributed by atoms with Gasteiger partial charge in [-0.3, -0.25) is 10.1 Å². The van der Waals surface area contributed by atoms with E-state index in [2.05, 4.69) is 10.3 Å². The SMILES string of the molecule is CCN(CC)S(=O)(=O)c1ccc(Cl)c(C(=O)Nc2nc(C)cs2)c1. The molecule has 0 aliphatic rings. The number of benzene rings is 1. The van der Waals surface area contributed by atoms with Crippen LogP contribution < -0.4 is 5.32 Å². The van der Waals surface area contributed by atoms with E-state index in [9.17, 15) is 13.2 Å². The number of rotatable bonds is 6. The predicted octanol–water partition coefficient (Wildman–Crippen LogP) is 3.39. The van der Waals surface area contributed by atoms with Gasteiger partial charge in [0.15, 0.2) is 5.13 Å². The summed E-state index contributed by atoms with van der Waals surface area (Å²) in [6.45, 7) is 6.03. The minimum Gasteiger partial charge on any atom is -0.298 e. The van der Waals surface area contributed by atoms with Crippen LogP contribution in [-0.2, 0) is 10.0 Å². The number of hydrogen-bond donors (Lipinski definition) is 1. The highest BCUT2D eigenvalue weighted by Crippen LogP contribution is 2.24. The zero-order valence-corrected chi connectivity index (χ0v) is 15.9. The van der Waals surface area contributed by atoms with Gasteiger partial charge in [-0.15, -0.1) is 11.3 Å². The van der Waals surface area contributed by atoms with E-state index in [-0.39, 0.29) is 15.5 Å². The van der Waals surface area contributed by atoms with E-state index in [0.29, 0.717) is 18.2 Å². The van der Waals surface area contributed by atoms with Gasteiger partial charge in [0, 0.05) is 18.5 Å². The van der Waals surface area contributed by atoms with Gasteiger partial charge in [0.05, 0.1) is 21.2 Å². The molecular formula is C15H18ClN3O3S2. The first-order valence-corrected chi connectivity index (χ1v) is 10.0. The number of carbonyl (C=O) groups is 1. The summed E-state index contributed by atoms with van der Waals surface area (Å²) in [6, 6.07) is 4.12. The van der Waals surface area contributed by atoms with Crippen LogP contribution in [0.25, 0.3) is 0 Å². The van der Waals surface area contributed by atoms with Crippen molar-refractivity contribution in [2.45, 2.75) is 25.7 Å². The third kappa shape index (κ3) is 3.94. The lowest BCUT2D eigenvalue weighted by Crippen LogP contribution is -2.30. The monoisotopic (exact) mass is 387 g/mol. The smallest absolute Gasteiger partial charge is 0.259 e. The molecule has 0 fully saturated rings. The molecule has 1 N–H and O–H groups in total.